The van der Waals surface area contributed by atoms with Gasteiger partial charge in [0.05, 0.1) is 32.2 Å². The number of fused-ring (bicyclic) bond motifs is 6. The first-order valence-corrected chi connectivity index (χ1v) is 27.6. The number of rotatable bonds is 11. The highest BCUT2D eigenvalue weighted by Gasteiger charge is 2.34. The summed E-state index contributed by atoms with van der Waals surface area (Å²) in [6.45, 7) is 0. The average molecular weight is 1100 g/mol. The maximum atomic E-state index is 2.72. The first-order chi connectivity index (χ1) is 38.1. The van der Waals surface area contributed by atoms with Gasteiger partial charge in [-0.2, -0.15) is 0 Å². The van der Waals surface area contributed by atoms with E-state index in [0.717, 1.165) is 45.3 Å². The Morgan fingerprint density at radius 2 is 0.753 bits per heavy atom. The van der Waals surface area contributed by atoms with Crippen LogP contribution >= 0.6 is 22.6 Å². The molecule has 0 bridgehead atoms. The van der Waals surface area contributed by atoms with Gasteiger partial charge < -0.3 is 18.9 Å². The SMILES string of the molecule is IC1c2c(n(-c3ccccc3)c3ccccc23)C=CC1N(c1ccc(-c2ccc(N(c3cccc(-c4ccccc4)c3)c3ccc4c(c3)c3ccccc3n4-c3ccccc3)cc2)cc1)c1cccc(-c2ccccc2)c1. The molecule has 2 heterocycles. The minimum Gasteiger partial charge on any atom is -0.333 e. The Morgan fingerprint density at radius 1 is 0.312 bits per heavy atom. The molecular formula is C72H51IN4. The predicted molar refractivity (Wildman–Crippen MR) is 333 cm³/mol. The molecule has 1 aliphatic carbocycles. The highest BCUT2D eigenvalue weighted by molar-refractivity contribution is 14.1. The smallest absolute Gasteiger partial charge is 0.0685 e. The van der Waals surface area contributed by atoms with Crippen LogP contribution in [0.25, 0.3) is 83.5 Å². The van der Waals surface area contributed by atoms with E-state index in [4.69, 9.17) is 0 Å². The van der Waals surface area contributed by atoms with Gasteiger partial charge in [0, 0.05) is 61.5 Å². The van der Waals surface area contributed by atoms with Crippen LogP contribution in [-0.2, 0) is 0 Å². The summed E-state index contributed by atoms with van der Waals surface area (Å²) >= 11 is 2.72. The number of anilines is 5. The quantitative estimate of drug-likeness (QED) is 0.0948. The molecule has 11 aromatic carbocycles. The average Bonchev–Trinajstić information content (AvgIpc) is 4.15. The van der Waals surface area contributed by atoms with Crippen molar-refractivity contribution in [2.75, 3.05) is 9.80 Å². The van der Waals surface area contributed by atoms with Gasteiger partial charge in [0.15, 0.2) is 0 Å². The second-order valence-corrected chi connectivity index (χ2v) is 21.1. The molecule has 13 aromatic rings. The zero-order chi connectivity index (χ0) is 51.2. The summed E-state index contributed by atoms with van der Waals surface area (Å²) in [7, 11) is 0. The van der Waals surface area contributed by atoms with E-state index in [1.807, 2.05) is 0 Å². The molecule has 0 saturated heterocycles. The van der Waals surface area contributed by atoms with Crippen molar-refractivity contribution in [1.82, 2.24) is 9.13 Å². The maximum Gasteiger partial charge on any atom is 0.0685 e. The molecule has 77 heavy (non-hydrogen) atoms. The predicted octanol–water partition coefficient (Wildman–Crippen LogP) is 19.9. The van der Waals surface area contributed by atoms with Crippen LogP contribution in [0.5, 0.6) is 0 Å². The van der Waals surface area contributed by atoms with Crippen molar-refractivity contribution in [3.05, 3.63) is 302 Å². The Bertz CT molecular complexity index is 4280. The van der Waals surface area contributed by atoms with Crippen LogP contribution in [0.4, 0.5) is 28.4 Å². The molecule has 0 fully saturated rings. The highest BCUT2D eigenvalue weighted by atomic mass is 127. The number of benzene rings is 11. The summed E-state index contributed by atoms with van der Waals surface area (Å²) in [5.74, 6) is 0. The van der Waals surface area contributed by atoms with Crippen LogP contribution in [0, 0.1) is 0 Å². The number of alkyl halides is 1. The zero-order valence-corrected chi connectivity index (χ0v) is 44.3. The molecular weight excluding hydrogens is 1050 g/mol. The van der Waals surface area contributed by atoms with Gasteiger partial charge >= 0.3 is 0 Å². The number of para-hydroxylation sites is 4. The van der Waals surface area contributed by atoms with Crippen molar-refractivity contribution in [3.63, 3.8) is 0 Å². The van der Waals surface area contributed by atoms with E-state index in [9.17, 15) is 0 Å². The van der Waals surface area contributed by atoms with Crippen LogP contribution in [0.3, 0.4) is 0 Å². The lowest BCUT2D eigenvalue weighted by Gasteiger charge is -2.37. The van der Waals surface area contributed by atoms with Crippen molar-refractivity contribution in [2.45, 2.75) is 9.97 Å². The van der Waals surface area contributed by atoms with Gasteiger partial charge in [0.1, 0.15) is 0 Å². The van der Waals surface area contributed by atoms with Crippen molar-refractivity contribution in [1.29, 1.82) is 0 Å². The monoisotopic (exact) mass is 1100 g/mol. The van der Waals surface area contributed by atoms with Gasteiger partial charge in [0.25, 0.3) is 0 Å². The summed E-state index contributed by atoms with van der Waals surface area (Å²) in [4.78, 5) is 4.94. The number of nitrogens with zero attached hydrogens (tertiary/aromatic N) is 4. The largest absolute Gasteiger partial charge is 0.333 e. The van der Waals surface area contributed by atoms with Crippen LogP contribution < -0.4 is 9.80 Å². The molecule has 1 aliphatic rings. The van der Waals surface area contributed by atoms with E-state index < -0.39 is 0 Å². The van der Waals surface area contributed by atoms with Crippen molar-refractivity contribution in [3.8, 4) is 44.8 Å². The third-order valence-corrected chi connectivity index (χ3v) is 16.6. The Balaban J connectivity index is 0.847. The molecule has 2 atom stereocenters. The lowest BCUT2D eigenvalue weighted by molar-refractivity contribution is 0.771. The van der Waals surface area contributed by atoms with Crippen molar-refractivity contribution < 1.29 is 0 Å². The van der Waals surface area contributed by atoms with E-state index >= 15 is 0 Å². The number of hydrogen-bond donors (Lipinski definition) is 0. The number of aromatic nitrogens is 2. The van der Waals surface area contributed by atoms with Crippen molar-refractivity contribution in [2.24, 2.45) is 0 Å². The molecule has 14 rings (SSSR count). The van der Waals surface area contributed by atoms with E-state index in [0.29, 0.717) is 0 Å². The molecule has 0 N–H and O–H groups in total. The second kappa shape index (κ2) is 19.8. The molecule has 0 spiro atoms. The highest BCUT2D eigenvalue weighted by Crippen LogP contribution is 2.48. The summed E-state index contributed by atoms with van der Waals surface area (Å²) in [6.07, 6.45) is 4.77. The van der Waals surface area contributed by atoms with E-state index in [2.05, 4.69) is 339 Å². The summed E-state index contributed by atoms with van der Waals surface area (Å²) in [6, 6.07) is 104. The minimum absolute atomic E-state index is 0.0229. The van der Waals surface area contributed by atoms with E-state index in [1.165, 1.54) is 71.9 Å². The normalized spacial score (nSPS) is 14.0. The molecule has 0 radical (unpaired) electrons. The van der Waals surface area contributed by atoms with Crippen LogP contribution in [0.2, 0.25) is 0 Å². The molecule has 4 nitrogen and oxygen atoms in total. The van der Waals surface area contributed by atoms with Gasteiger partial charge in [-0.05, 0) is 143 Å². The molecule has 0 aliphatic heterocycles. The van der Waals surface area contributed by atoms with Gasteiger partial charge in [-0.1, -0.05) is 211 Å². The Hall–Kier alpha value is -9.17. The first kappa shape index (κ1) is 46.4. The van der Waals surface area contributed by atoms with Crippen molar-refractivity contribution >= 4 is 89.8 Å². The van der Waals surface area contributed by atoms with Crippen LogP contribution in [0.15, 0.2) is 291 Å². The van der Waals surface area contributed by atoms with E-state index in [-0.39, 0.29) is 9.97 Å². The summed E-state index contributed by atoms with van der Waals surface area (Å²) in [5.41, 5.74) is 21.1. The molecule has 2 aromatic heterocycles. The lowest BCUT2D eigenvalue weighted by atomic mass is 9.94. The fourth-order valence-corrected chi connectivity index (χ4v) is 12.9. The summed E-state index contributed by atoms with van der Waals surface area (Å²) < 4.78 is 4.94. The Morgan fingerprint density at radius 3 is 1.38 bits per heavy atom. The molecule has 0 amide bonds. The standard InChI is InChI=1S/C72H51IN4/c73-72-70(46-45-69-71(72)64-32-14-16-34-67(64)77(69)57-27-11-4-12-28-57)75(61-30-18-24-55(48-61)51-21-7-2-8-22-51)59-41-37-53(38-42-59)52-35-39-58(40-36-52)74(60-29-17-23-54(47-60)50-19-5-1-6-20-50)62-43-44-68-65(49-62)63-31-13-15-33-66(63)76(68)56-25-9-3-10-26-56/h1-49,70,72H. The zero-order valence-electron chi connectivity index (χ0n) is 42.1. The molecule has 5 heteroatoms. The fraction of sp³-hybridized carbons (Fsp3) is 0.0278. The Labute approximate surface area is 462 Å². The third-order valence-electron chi connectivity index (χ3n) is 15.3. The number of hydrogen-bond acceptors (Lipinski definition) is 2. The number of halogens is 1. The van der Waals surface area contributed by atoms with Gasteiger partial charge in [0.2, 0.25) is 0 Å². The molecule has 2 unspecified atom stereocenters. The van der Waals surface area contributed by atoms with E-state index in [1.54, 1.807) is 0 Å². The lowest BCUT2D eigenvalue weighted by Crippen LogP contribution is -2.34. The first-order valence-electron chi connectivity index (χ1n) is 26.3. The molecule has 366 valence electrons. The summed E-state index contributed by atoms with van der Waals surface area (Å²) in [5, 5.41) is 3.72. The minimum atomic E-state index is 0.0229. The van der Waals surface area contributed by atoms with Gasteiger partial charge in [-0.15, -0.1) is 0 Å². The van der Waals surface area contributed by atoms with Crippen LogP contribution in [0.1, 0.15) is 15.2 Å². The maximum absolute atomic E-state index is 2.72. The van der Waals surface area contributed by atoms with Gasteiger partial charge in [-0.25, -0.2) is 0 Å². The van der Waals surface area contributed by atoms with Crippen LogP contribution in [-0.4, -0.2) is 15.2 Å². The molecule has 0 saturated carbocycles. The second-order valence-electron chi connectivity index (χ2n) is 19.8. The topological polar surface area (TPSA) is 16.3 Å². The Kier molecular flexibility index (Phi) is 11.9. The fourth-order valence-electron chi connectivity index (χ4n) is 11.7. The third kappa shape index (κ3) is 8.40. The van der Waals surface area contributed by atoms with Gasteiger partial charge in [-0.3, -0.25) is 0 Å².